The molecule has 12 nitrogen and oxygen atoms in total. The lowest BCUT2D eigenvalue weighted by Crippen LogP contribution is -2.70. The van der Waals surface area contributed by atoms with Gasteiger partial charge in [-0.2, -0.15) is 0 Å². The van der Waals surface area contributed by atoms with Gasteiger partial charge in [-0.25, -0.2) is 0 Å². The highest BCUT2D eigenvalue weighted by Crippen LogP contribution is 2.32. The molecule has 1 aromatic heterocycles. The highest BCUT2D eigenvalue weighted by atomic mass is 16.2. The lowest BCUT2D eigenvalue weighted by atomic mass is 9.92. The molecule has 0 radical (unpaired) electrons. The predicted molar refractivity (Wildman–Crippen MR) is 113 cm³/mol. The van der Waals surface area contributed by atoms with Crippen LogP contribution in [-0.2, 0) is 4.79 Å². The van der Waals surface area contributed by atoms with Crippen molar-refractivity contribution >= 4 is 23.3 Å². The van der Waals surface area contributed by atoms with Crippen LogP contribution in [-0.4, -0.2) is 77.3 Å². The number of likely N-dealkylation sites (N-methyl/N-ethyl adjacent to an activating group) is 1. The highest BCUT2D eigenvalue weighted by molar-refractivity contribution is 5.99. The zero-order valence-corrected chi connectivity index (χ0v) is 17.1. The molecule has 6 N–H and O–H groups in total. The van der Waals surface area contributed by atoms with E-state index in [1.807, 2.05) is 18.6 Å². The van der Waals surface area contributed by atoms with Crippen LogP contribution in [0.2, 0.25) is 0 Å². The molecule has 4 heterocycles. The molecule has 1 saturated carbocycles. The number of nitrogens with one attached hydrogen (secondary N) is 6. The standard InChI is InChI=1S/C19H28N10O2/c1-20-19(31)15-12(7-14(25-26-15)24-18(30)10-3-4-10)23-17-16-13(5-6-21-17)29-11(8-22-27-29)9-28(16)2/h7-8,10,13,16-17,21-22,27H,3-6,9H2,1-2H3,(H,20,31)(H2,23,24,25,30)/i1D3. The Kier molecular flexibility index (Phi) is 4.28. The number of hydrogen-bond acceptors (Lipinski definition) is 10. The first-order valence-corrected chi connectivity index (χ1v) is 10.4. The van der Waals surface area contributed by atoms with Crippen molar-refractivity contribution in [2.24, 2.45) is 5.92 Å². The number of carbonyl (C=O) groups is 2. The second-order valence-corrected chi connectivity index (χ2v) is 8.31. The molecule has 166 valence electrons. The van der Waals surface area contributed by atoms with Crippen molar-refractivity contribution < 1.29 is 13.7 Å². The molecule has 2 amide bonds. The van der Waals surface area contributed by atoms with Crippen LogP contribution in [0.15, 0.2) is 18.0 Å². The van der Waals surface area contributed by atoms with Gasteiger partial charge in [-0.15, -0.1) is 15.7 Å². The number of rotatable bonds is 5. The summed E-state index contributed by atoms with van der Waals surface area (Å²) < 4.78 is 22.1. The number of hydrazine groups is 2. The van der Waals surface area contributed by atoms with E-state index >= 15 is 0 Å². The number of anilines is 2. The predicted octanol–water partition coefficient (Wildman–Crippen LogP) is -1.24. The average Bonchev–Trinajstić information content (AvgIpc) is 3.51. The zero-order valence-electron chi connectivity index (χ0n) is 20.1. The third-order valence-electron chi connectivity index (χ3n) is 6.16. The number of aromatic nitrogens is 2. The smallest absolute Gasteiger partial charge is 0.273 e. The van der Waals surface area contributed by atoms with Crippen LogP contribution < -0.4 is 32.2 Å². The summed E-state index contributed by atoms with van der Waals surface area (Å²) in [4.78, 5) is 27.1. The minimum Gasteiger partial charge on any atom is -0.366 e. The summed E-state index contributed by atoms with van der Waals surface area (Å²) in [5, 5.41) is 21.5. The van der Waals surface area contributed by atoms with Crippen molar-refractivity contribution in [3.8, 4) is 0 Å². The number of piperazine rings is 1. The Morgan fingerprint density at radius 1 is 1.29 bits per heavy atom. The summed E-state index contributed by atoms with van der Waals surface area (Å²) in [6, 6.07) is 1.67. The lowest BCUT2D eigenvalue weighted by molar-refractivity contribution is -0.117. The van der Waals surface area contributed by atoms with Gasteiger partial charge >= 0.3 is 0 Å². The molecular weight excluding hydrogens is 400 g/mol. The van der Waals surface area contributed by atoms with Crippen molar-refractivity contribution in [1.29, 1.82) is 0 Å². The third-order valence-corrected chi connectivity index (χ3v) is 6.16. The molecule has 3 unspecified atom stereocenters. The van der Waals surface area contributed by atoms with E-state index in [9.17, 15) is 9.59 Å². The fraction of sp³-hybridized carbons (Fsp3) is 0.579. The maximum atomic E-state index is 12.7. The number of hydrogen-bond donors (Lipinski definition) is 6. The largest absolute Gasteiger partial charge is 0.366 e. The molecule has 2 saturated heterocycles. The molecule has 1 aliphatic carbocycles. The Hall–Kier alpha value is -2.96. The minimum absolute atomic E-state index is 0.00879. The SMILES string of the molecule is [2H]C([2H])([2H])NC(=O)c1nnc(NC(=O)C2CC2)cc1NC1NCCC2C1N(C)CC1=CNNN12. The Balaban J connectivity index is 1.42. The van der Waals surface area contributed by atoms with Gasteiger partial charge in [-0.3, -0.25) is 24.8 Å². The zero-order chi connectivity index (χ0) is 24.0. The molecule has 3 fully saturated rings. The third kappa shape index (κ3) is 3.77. The molecule has 1 aromatic rings. The van der Waals surface area contributed by atoms with Gasteiger partial charge < -0.3 is 21.4 Å². The van der Waals surface area contributed by atoms with E-state index in [2.05, 4.69) is 47.0 Å². The van der Waals surface area contributed by atoms with Crippen LogP contribution in [0, 0.1) is 5.92 Å². The molecular formula is C19H28N10O2. The van der Waals surface area contributed by atoms with E-state index in [1.54, 1.807) is 0 Å². The molecule has 3 aliphatic heterocycles. The van der Waals surface area contributed by atoms with E-state index in [-0.39, 0.29) is 47.3 Å². The normalized spacial score (nSPS) is 29.3. The number of fused-ring (bicyclic) bond motifs is 3. The molecule has 0 bridgehead atoms. The summed E-state index contributed by atoms with van der Waals surface area (Å²) in [5.41, 5.74) is 7.48. The quantitative estimate of drug-likeness (QED) is 0.336. The second-order valence-electron chi connectivity index (χ2n) is 8.31. The van der Waals surface area contributed by atoms with Crippen molar-refractivity contribution in [2.75, 3.05) is 37.7 Å². The van der Waals surface area contributed by atoms with E-state index in [4.69, 9.17) is 4.11 Å². The second kappa shape index (κ2) is 7.94. The summed E-state index contributed by atoms with van der Waals surface area (Å²) in [5.74, 6) is -0.855. The summed E-state index contributed by atoms with van der Waals surface area (Å²) in [6.07, 6.45) is 4.21. The van der Waals surface area contributed by atoms with Gasteiger partial charge in [0.15, 0.2) is 11.5 Å². The summed E-state index contributed by atoms with van der Waals surface area (Å²) in [7, 11) is 2.03. The highest BCUT2D eigenvalue weighted by Gasteiger charge is 2.45. The number of amides is 2. The minimum atomic E-state index is -2.68. The Labute approximate surface area is 184 Å². The fourth-order valence-corrected chi connectivity index (χ4v) is 4.50. The molecule has 0 spiro atoms. The van der Waals surface area contributed by atoms with Gasteiger partial charge in [0, 0.05) is 35.8 Å². The van der Waals surface area contributed by atoms with E-state index in [0.29, 0.717) is 6.54 Å². The van der Waals surface area contributed by atoms with Gasteiger partial charge in [-0.05, 0) is 32.9 Å². The molecule has 3 atom stereocenters. The first kappa shape index (κ1) is 16.7. The molecule has 5 rings (SSSR count). The van der Waals surface area contributed by atoms with Gasteiger partial charge in [0.2, 0.25) is 5.91 Å². The molecule has 4 aliphatic rings. The summed E-state index contributed by atoms with van der Waals surface area (Å²) in [6.45, 7) is -1.24. The Bertz CT molecular complexity index is 1010. The number of nitrogens with zero attached hydrogens (tertiary/aromatic N) is 4. The van der Waals surface area contributed by atoms with Crippen LogP contribution in [0.3, 0.4) is 0 Å². The van der Waals surface area contributed by atoms with Gasteiger partial charge in [0.25, 0.3) is 5.91 Å². The van der Waals surface area contributed by atoms with Gasteiger partial charge in [-0.1, -0.05) is 0 Å². The average molecular weight is 432 g/mol. The van der Waals surface area contributed by atoms with Gasteiger partial charge in [0.05, 0.1) is 29.6 Å². The Morgan fingerprint density at radius 2 is 2.16 bits per heavy atom. The molecule has 31 heavy (non-hydrogen) atoms. The number of piperidine rings is 1. The van der Waals surface area contributed by atoms with Crippen LogP contribution in [0.1, 0.15) is 33.9 Å². The number of carbonyl (C=O) groups excluding carboxylic acids is 2. The van der Waals surface area contributed by atoms with E-state index in [1.165, 1.54) is 6.07 Å². The maximum absolute atomic E-state index is 12.7. The van der Waals surface area contributed by atoms with E-state index in [0.717, 1.165) is 31.5 Å². The Morgan fingerprint density at radius 3 is 2.97 bits per heavy atom. The van der Waals surface area contributed by atoms with Crippen LogP contribution >= 0.6 is 0 Å². The van der Waals surface area contributed by atoms with Crippen LogP contribution in [0.4, 0.5) is 11.5 Å². The van der Waals surface area contributed by atoms with Crippen molar-refractivity contribution in [2.45, 2.75) is 37.5 Å². The van der Waals surface area contributed by atoms with Crippen molar-refractivity contribution in [1.82, 2.24) is 41.7 Å². The van der Waals surface area contributed by atoms with Crippen molar-refractivity contribution in [3.63, 3.8) is 0 Å². The summed E-state index contributed by atoms with van der Waals surface area (Å²) >= 11 is 0. The van der Waals surface area contributed by atoms with Crippen LogP contribution in [0.25, 0.3) is 0 Å². The van der Waals surface area contributed by atoms with Gasteiger partial charge in [0.1, 0.15) is 0 Å². The first-order chi connectivity index (χ1) is 16.2. The van der Waals surface area contributed by atoms with E-state index < -0.39 is 12.9 Å². The lowest BCUT2D eigenvalue weighted by Gasteiger charge is -2.51. The molecule has 0 aromatic carbocycles. The maximum Gasteiger partial charge on any atom is 0.273 e. The topological polar surface area (TPSA) is 139 Å². The fourth-order valence-electron chi connectivity index (χ4n) is 4.50. The molecule has 12 heteroatoms. The van der Waals surface area contributed by atoms with Crippen molar-refractivity contribution in [3.05, 3.63) is 23.7 Å². The monoisotopic (exact) mass is 431 g/mol. The van der Waals surface area contributed by atoms with Crippen LogP contribution in [0.5, 0.6) is 0 Å². The first-order valence-electron chi connectivity index (χ1n) is 11.9.